The summed E-state index contributed by atoms with van der Waals surface area (Å²) in [6, 6.07) is -0.212. The monoisotopic (exact) mass is 294 g/mol. The molecule has 3 aliphatic rings. The maximum absolute atomic E-state index is 12.0. The fourth-order valence-corrected chi connectivity index (χ4v) is 2.81. The molecule has 0 aromatic heterocycles. The van der Waals surface area contributed by atoms with Crippen LogP contribution in [-0.2, 0) is 4.74 Å². The highest BCUT2D eigenvalue weighted by atomic mass is 16.6. The summed E-state index contributed by atoms with van der Waals surface area (Å²) in [4.78, 5) is 27.3. The van der Waals surface area contributed by atoms with E-state index in [2.05, 4.69) is 5.32 Å². The Morgan fingerprint density at radius 2 is 2.05 bits per heavy atom. The molecule has 2 aliphatic heterocycles. The van der Waals surface area contributed by atoms with Crippen LogP contribution >= 0.6 is 0 Å². The second-order valence-electron chi connectivity index (χ2n) is 7.23. The van der Waals surface area contributed by atoms with E-state index in [4.69, 9.17) is 10.1 Å². The molecule has 7 nitrogen and oxygen atoms in total. The summed E-state index contributed by atoms with van der Waals surface area (Å²) >= 11 is 0. The number of carbonyl (C=O) groups is 2. The Hall–Kier alpha value is -1.79. The lowest BCUT2D eigenvalue weighted by molar-refractivity contribution is -0.0207. The summed E-state index contributed by atoms with van der Waals surface area (Å²) in [5.74, 6) is 0.752. The number of likely N-dealkylation sites (tertiary alicyclic amines) is 1. The highest BCUT2D eigenvalue weighted by Gasteiger charge is 2.60. The highest BCUT2D eigenvalue weighted by Crippen LogP contribution is 2.38. The Kier molecular flexibility index (Phi) is 2.93. The fourth-order valence-electron chi connectivity index (χ4n) is 2.81. The number of hydrogen-bond acceptors (Lipinski definition) is 4. The van der Waals surface area contributed by atoms with Gasteiger partial charge in [0.15, 0.2) is 0 Å². The van der Waals surface area contributed by atoms with Crippen molar-refractivity contribution in [1.82, 2.24) is 15.1 Å². The van der Waals surface area contributed by atoms with Crippen molar-refractivity contribution in [2.24, 2.45) is 5.92 Å². The third-order valence-corrected chi connectivity index (χ3v) is 4.15. The Balaban J connectivity index is 1.67. The summed E-state index contributed by atoms with van der Waals surface area (Å²) in [7, 11) is 0. The van der Waals surface area contributed by atoms with Crippen molar-refractivity contribution < 1.29 is 14.3 Å². The number of nitrogens with one attached hydrogen (secondary N) is 2. The Labute approximate surface area is 124 Å². The topological polar surface area (TPSA) is 85.7 Å². The van der Waals surface area contributed by atoms with E-state index in [0.29, 0.717) is 25.6 Å². The quantitative estimate of drug-likeness (QED) is 0.807. The molecule has 0 aromatic rings. The summed E-state index contributed by atoms with van der Waals surface area (Å²) < 4.78 is 5.33. The number of amidine groups is 1. The third-order valence-electron chi connectivity index (χ3n) is 4.15. The van der Waals surface area contributed by atoms with Crippen molar-refractivity contribution in [3.63, 3.8) is 0 Å². The third kappa shape index (κ3) is 2.45. The molecule has 2 N–H and O–H groups in total. The molecule has 0 bridgehead atoms. The normalized spacial score (nSPS) is 24.1. The maximum Gasteiger partial charge on any atom is 0.410 e. The number of urea groups is 1. The molecule has 21 heavy (non-hydrogen) atoms. The van der Waals surface area contributed by atoms with Crippen molar-refractivity contribution in [1.29, 1.82) is 5.41 Å². The van der Waals surface area contributed by atoms with Crippen molar-refractivity contribution in [3.05, 3.63) is 0 Å². The molecule has 0 unspecified atom stereocenters. The standard InChI is InChI=1S/C14H22N4O3/c1-13(2,3)21-12(20)17-7-14(8-17)10(15)16-11(19)18(14)6-9-4-5-9/h9H,4-8H2,1-3H3,(H2,15,16,19). The lowest BCUT2D eigenvalue weighted by Crippen LogP contribution is -2.73. The Bertz CT molecular complexity index is 501. The number of nitrogens with zero attached hydrogens (tertiary/aromatic N) is 2. The number of hydrogen-bond donors (Lipinski definition) is 2. The van der Waals surface area contributed by atoms with Crippen LogP contribution < -0.4 is 5.32 Å². The van der Waals surface area contributed by atoms with Gasteiger partial charge in [-0.2, -0.15) is 0 Å². The van der Waals surface area contributed by atoms with Gasteiger partial charge in [-0.1, -0.05) is 0 Å². The van der Waals surface area contributed by atoms with Crippen LogP contribution in [0.3, 0.4) is 0 Å². The first-order chi connectivity index (χ1) is 9.71. The molecule has 0 radical (unpaired) electrons. The van der Waals surface area contributed by atoms with Gasteiger partial charge in [0.1, 0.15) is 17.0 Å². The van der Waals surface area contributed by atoms with Gasteiger partial charge >= 0.3 is 12.1 Å². The molecular weight excluding hydrogens is 272 g/mol. The van der Waals surface area contributed by atoms with Crippen molar-refractivity contribution in [2.45, 2.75) is 44.8 Å². The van der Waals surface area contributed by atoms with Gasteiger partial charge in [-0.25, -0.2) is 9.59 Å². The lowest BCUT2D eigenvalue weighted by Gasteiger charge is -2.50. The van der Waals surface area contributed by atoms with E-state index in [-0.39, 0.29) is 18.0 Å². The molecule has 3 rings (SSSR count). The second-order valence-corrected chi connectivity index (χ2v) is 7.23. The van der Waals surface area contributed by atoms with Crippen molar-refractivity contribution in [2.75, 3.05) is 19.6 Å². The van der Waals surface area contributed by atoms with E-state index < -0.39 is 11.1 Å². The summed E-state index contributed by atoms with van der Waals surface area (Å²) in [5.41, 5.74) is -1.19. The number of rotatable bonds is 2. The predicted molar refractivity (Wildman–Crippen MR) is 76.2 cm³/mol. The van der Waals surface area contributed by atoms with E-state index in [1.165, 1.54) is 0 Å². The molecule has 0 aromatic carbocycles. The van der Waals surface area contributed by atoms with Crippen LogP contribution in [-0.4, -0.2) is 58.5 Å². The van der Waals surface area contributed by atoms with Gasteiger partial charge in [-0.3, -0.25) is 10.7 Å². The van der Waals surface area contributed by atoms with Crippen LogP contribution in [0.2, 0.25) is 0 Å². The molecule has 2 saturated heterocycles. The zero-order valence-corrected chi connectivity index (χ0v) is 12.7. The Morgan fingerprint density at radius 1 is 1.43 bits per heavy atom. The molecule has 3 amide bonds. The molecule has 1 saturated carbocycles. The number of amides is 3. The van der Waals surface area contributed by atoms with Crippen LogP contribution in [0.15, 0.2) is 0 Å². The van der Waals surface area contributed by atoms with E-state index in [1.54, 1.807) is 9.80 Å². The largest absolute Gasteiger partial charge is 0.444 e. The van der Waals surface area contributed by atoms with Gasteiger partial charge < -0.3 is 14.5 Å². The highest BCUT2D eigenvalue weighted by molar-refractivity contribution is 6.10. The zero-order chi connectivity index (χ0) is 15.4. The van der Waals surface area contributed by atoms with Gasteiger partial charge in [0.25, 0.3) is 0 Å². The minimum atomic E-state index is -0.656. The van der Waals surface area contributed by atoms with E-state index in [9.17, 15) is 9.59 Å². The zero-order valence-electron chi connectivity index (χ0n) is 12.7. The average molecular weight is 294 g/mol. The van der Waals surface area contributed by atoms with Crippen LogP contribution in [0, 0.1) is 11.3 Å². The first-order valence-corrected chi connectivity index (χ1v) is 7.37. The van der Waals surface area contributed by atoms with Crippen LogP contribution in [0.1, 0.15) is 33.6 Å². The van der Waals surface area contributed by atoms with Gasteiger partial charge in [0, 0.05) is 6.54 Å². The molecule has 1 spiro atoms. The van der Waals surface area contributed by atoms with Crippen LogP contribution in [0.25, 0.3) is 0 Å². The summed E-state index contributed by atoms with van der Waals surface area (Å²) in [6.07, 6.45) is 1.90. The van der Waals surface area contributed by atoms with Gasteiger partial charge in [-0.05, 0) is 39.5 Å². The lowest BCUT2D eigenvalue weighted by atomic mass is 9.88. The summed E-state index contributed by atoms with van der Waals surface area (Å²) in [6.45, 7) is 6.82. The molecule has 7 heteroatoms. The van der Waals surface area contributed by atoms with E-state index >= 15 is 0 Å². The molecular formula is C14H22N4O3. The fraction of sp³-hybridized carbons (Fsp3) is 0.786. The van der Waals surface area contributed by atoms with Gasteiger partial charge in [0.2, 0.25) is 0 Å². The summed E-state index contributed by atoms with van der Waals surface area (Å²) in [5, 5.41) is 10.6. The first kappa shape index (κ1) is 14.2. The predicted octanol–water partition coefficient (Wildman–Crippen LogP) is 1.39. The average Bonchev–Trinajstić information content (AvgIpc) is 3.02. The van der Waals surface area contributed by atoms with Gasteiger partial charge in [-0.15, -0.1) is 0 Å². The SMILES string of the molecule is CC(C)(C)OC(=O)N1CC2(C1)C(=N)NC(=O)N2CC1CC1. The van der Waals surface area contributed by atoms with E-state index in [0.717, 1.165) is 12.8 Å². The minimum absolute atomic E-state index is 0.202. The Morgan fingerprint density at radius 3 is 2.57 bits per heavy atom. The van der Waals surface area contributed by atoms with Crippen LogP contribution in [0.4, 0.5) is 9.59 Å². The molecule has 1 aliphatic carbocycles. The number of ether oxygens (including phenoxy) is 1. The van der Waals surface area contributed by atoms with E-state index in [1.807, 2.05) is 20.8 Å². The van der Waals surface area contributed by atoms with Gasteiger partial charge in [0.05, 0.1) is 13.1 Å². The smallest absolute Gasteiger partial charge is 0.410 e. The van der Waals surface area contributed by atoms with Crippen molar-refractivity contribution >= 4 is 18.0 Å². The molecule has 2 heterocycles. The van der Waals surface area contributed by atoms with Crippen molar-refractivity contribution in [3.8, 4) is 0 Å². The molecule has 116 valence electrons. The number of carbonyl (C=O) groups excluding carboxylic acids is 2. The first-order valence-electron chi connectivity index (χ1n) is 7.37. The maximum atomic E-state index is 12.0. The molecule has 0 atom stereocenters. The second kappa shape index (κ2) is 4.35. The van der Waals surface area contributed by atoms with Crippen LogP contribution in [0.5, 0.6) is 0 Å². The molecule has 3 fully saturated rings. The minimum Gasteiger partial charge on any atom is -0.444 e.